The lowest BCUT2D eigenvalue weighted by Crippen LogP contribution is -2.28. The van der Waals surface area contributed by atoms with Gasteiger partial charge in [-0.2, -0.15) is 4.98 Å². The molecule has 0 unspecified atom stereocenters. The second-order valence-electron chi connectivity index (χ2n) is 7.29. The standard InChI is InChI=1S/C24H29FN4O3/c1-3-29(4-2)16-17-31-21-9-6-5-8-20(21)26-22(30)10-7-11-23-27-24(28-32-23)18-12-14-19(25)15-13-18/h5-6,8-9,12-15H,3-4,7,10-11,16-17H2,1-2H3,(H,26,30). The Kier molecular flexibility index (Phi) is 8.74. The van der Waals surface area contributed by atoms with E-state index in [1.54, 1.807) is 12.1 Å². The summed E-state index contributed by atoms with van der Waals surface area (Å²) in [5.74, 6) is 1.08. The first-order valence-electron chi connectivity index (χ1n) is 10.9. The van der Waals surface area contributed by atoms with Gasteiger partial charge in [-0.25, -0.2) is 4.39 Å². The van der Waals surface area contributed by atoms with Crippen molar-refractivity contribution in [2.24, 2.45) is 0 Å². The fourth-order valence-corrected chi connectivity index (χ4v) is 3.21. The van der Waals surface area contributed by atoms with Gasteiger partial charge in [-0.1, -0.05) is 31.1 Å². The number of halogens is 1. The quantitative estimate of drug-likeness (QED) is 0.445. The number of para-hydroxylation sites is 2. The third kappa shape index (κ3) is 6.88. The topological polar surface area (TPSA) is 80.5 Å². The first-order chi connectivity index (χ1) is 15.6. The van der Waals surface area contributed by atoms with E-state index in [-0.39, 0.29) is 11.7 Å². The number of hydrogen-bond donors (Lipinski definition) is 1. The molecule has 3 rings (SSSR count). The zero-order chi connectivity index (χ0) is 22.8. The van der Waals surface area contributed by atoms with E-state index < -0.39 is 0 Å². The molecule has 170 valence electrons. The number of aromatic nitrogens is 2. The van der Waals surface area contributed by atoms with Crippen molar-refractivity contribution < 1.29 is 18.4 Å². The monoisotopic (exact) mass is 440 g/mol. The molecule has 0 aliphatic carbocycles. The van der Waals surface area contributed by atoms with E-state index in [4.69, 9.17) is 9.26 Å². The van der Waals surface area contributed by atoms with E-state index in [2.05, 4.69) is 34.2 Å². The molecule has 1 heterocycles. The maximum atomic E-state index is 13.0. The minimum atomic E-state index is -0.320. The molecule has 0 atom stereocenters. The van der Waals surface area contributed by atoms with Gasteiger partial charge in [0.15, 0.2) is 0 Å². The lowest BCUT2D eigenvalue weighted by molar-refractivity contribution is -0.116. The number of nitrogens with zero attached hydrogens (tertiary/aromatic N) is 3. The molecule has 1 N–H and O–H groups in total. The van der Waals surface area contributed by atoms with Crippen LogP contribution in [-0.2, 0) is 11.2 Å². The molecule has 0 aliphatic rings. The van der Waals surface area contributed by atoms with E-state index in [0.29, 0.717) is 54.6 Å². The molecule has 2 aromatic carbocycles. The molecule has 8 heteroatoms. The van der Waals surface area contributed by atoms with E-state index in [1.165, 1.54) is 12.1 Å². The van der Waals surface area contributed by atoms with Gasteiger partial charge in [0.2, 0.25) is 17.6 Å². The van der Waals surface area contributed by atoms with E-state index in [9.17, 15) is 9.18 Å². The Hall–Kier alpha value is -3.26. The van der Waals surface area contributed by atoms with Crippen LogP contribution in [0.15, 0.2) is 53.1 Å². The van der Waals surface area contributed by atoms with Gasteiger partial charge < -0.3 is 19.5 Å². The van der Waals surface area contributed by atoms with Crippen molar-refractivity contribution in [2.75, 3.05) is 31.6 Å². The predicted octanol–water partition coefficient (Wildman–Crippen LogP) is 4.56. The Morgan fingerprint density at radius 2 is 1.88 bits per heavy atom. The third-order valence-corrected chi connectivity index (χ3v) is 5.09. The zero-order valence-electron chi connectivity index (χ0n) is 18.5. The van der Waals surface area contributed by atoms with Crippen LogP contribution < -0.4 is 10.1 Å². The summed E-state index contributed by atoms with van der Waals surface area (Å²) in [5, 5.41) is 6.84. The normalized spacial score (nSPS) is 11.0. The number of amides is 1. The van der Waals surface area contributed by atoms with Crippen molar-refractivity contribution in [3.63, 3.8) is 0 Å². The van der Waals surface area contributed by atoms with Gasteiger partial charge in [0.25, 0.3) is 0 Å². The van der Waals surface area contributed by atoms with Crippen LogP contribution in [0.1, 0.15) is 32.6 Å². The fourth-order valence-electron chi connectivity index (χ4n) is 3.21. The number of rotatable bonds is 12. The number of hydrogen-bond acceptors (Lipinski definition) is 6. The number of carbonyl (C=O) groups excluding carboxylic acids is 1. The van der Waals surface area contributed by atoms with Crippen LogP contribution >= 0.6 is 0 Å². The molecule has 0 saturated heterocycles. The van der Waals surface area contributed by atoms with Crippen LogP contribution in [0.4, 0.5) is 10.1 Å². The number of benzene rings is 2. The van der Waals surface area contributed by atoms with Crippen molar-refractivity contribution in [3.05, 3.63) is 60.2 Å². The van der Waals surface area contributed by atoms with E-state index >= 15 is 0 Å². The second kappa shape index (κ2) is 12.0. The number of nitrogens with one attached hydrogen (secondary N) is 1. The maximum Gasteiger partial charge on any atom is 0.226 e. The number of anilines is 1. The summed E-state index contributed by atoms with van der Waals surface area (Å²) in [6.07, 6.45) is 1.34. The Balaban J connectivity index is 1.46. The molecule has 0 aliphatic heterocycles. The summed E-state index contributed by atoms with van der Waals surface area (Å²) in [4.78, 5) is 19.0. The van der Waals surface area contributed by atoms with Crippen LogP contribution in [0.2, 0.25) is 0 Å². The van der Waals surface area contributed by atoms with Crippen molar-refractivity contribution >= 4 is 11.6 Å². The highest BCUT2D eigenvalue weighted by molar-refractivity contribution is 5.92. The highest BCUT2D eigenvalue weighted by atomic mass is 19.1. The summed E-state index contributed by atoms with van der Waals surface area (Å²) in [7, 11) is 0. The van der Waals surface area contributed by atoms with Gasteiger partial charge in [-0.3, -0.25) is 4.79 Å². The average molecular weight is 441 g/mol. The van der Waals surface area contributed by atoms with E-state index in [1.807, 2.05) is 24.3 Å². The van der Waals surface area contributed by atoms with Gasteiger partial charge in [-0.15, -0.1) is 0 Å². The Labute approximate surface area is 187 Å². The molecular weight excluding hydrogens is 411 g/mol. The van der Waals surface area contributed by atoms with Crippen molar-refractivity contribution in [1.82, 2.24) is 15.0 Å². The van der Waals surface area contributed by atoms with Gasteiger partial charge in [0, 0.05) is 24.9 Å². The van der Waals surface area contributed by atoms with Gasteiger partial charge in [-0.05, 0) is 55.9 Å². The molecule has 32 heavy (non-hydrogen) atoms. The minimum Gasteiger partial charge on any atom is -0.490 e. The molecule has 1 aromatic heterocycles. The number of likely N-dealkylation sites (N-methyl/N-ethyl adjacent to an activating group) is 1. The zero-order valence-corrected chi connectivity index (χ0v) is 18.5. The van der Waals surface area contributed by atoms with Gasteiger partial charge in [0.05, 0.1) is 5.69 Å². The smallest absolute Gasteiger partial charge is 0.226 e. The highest BCUT2D eigenvalue weighted by Gasteiger charge is 2.11. The van der Waals surface area contributed by atoms with Gasteiger partial charge >= 0.3 is 0 Å². The molecular formula is C24H29FN4O3. The number of carbonyl (C=O) groups is 1. The molecule has 0 fully saturated rings. The van der Waals surface area contributed by atoms with Crippen molar-refractivity contribution in [2.45, 2.75) is 33.1 Å². The first kappa shape index (κ1) is 23.4. The molecule has 7 nitrogen and oxygen atoms in total. The summed E-state index contributed by atoms with van der Waals surface area (Å²) >= 11 is 0. The Morgan fingerprint density at radius 1 is 1.12 bits per heavy atom. The van der Waals surface area contributed by atoms with Crippen molar-refractivity contribution in [1.29, 1.82) is 0 Å². The summed E-state index contributed by atoms with van der Waals surface area (Å²) in [6, 6.07) is 13.3. The second-order valence-corrected chi connectivity index (χ2v) is 7.29. The van der Waals surface area contributed by atoms with Crippen LogP contribution in [0.5, 0.6) is 5.75 Å². The van der Waals surface area contributed by atoms with Gasteiger partial charge in [0.1, 0.15) is 18.2 Å². The number of ether oxygens (including phenoxy) is 1. The predicted molar refractivity (Wildman–Crippen MR) is 121 cm³/mol. The van der Waals surface area contributed by atoms with E-state index in [0.717, 1.165) is 19.6 Å². The average Bonchev–Trinajstić information content (AvgIpc) is 3.27. The molecule has 0 spiro atoms. The van der Waals surface area contributed by atoms with Crippen molar-refractivity contribution in [3.8, 4) is 17.1 Å². The molecule has 0 saturated carbocycles. The maximum absolute atomic E-state index is 13.0. The molecule has 0 radical (unpaired) electrons. The lowest BCUT2D eigenvalue weighted by atomic mass is 10.2. The SMILES string of the molecule is CCN(CC)CCOc1ccccc1NC(=O)CCCc1nc(-c2ccc(F)cc2)no1. The van der Waals surface area contributed by atoms with Crippen LogP contribution in [0, 0.1) is 5.82 Å². The summed E-state index contributed by atoms with van der Waals surface area (Å²) in [6.45, 7) is 7.58. The molecule has 0 bridgehead atoms. The molecule has 1 amide bonds. The Morgan fingerprint density at radius 3 is 2.62 bits per heavy atom. The summed E-state index contributed by atoms with van der Waals surface area (Å²) in [5.41, 5.74) is 1.34. The minimum absolute atomic E-state index is 0.108. The highest BCUT2D eigenvalue weighted by Crippen LogP contribution is 2.24. The van der Waals surface area contributed by atoms with Crippen LogP contribution in [0.3, 0.4) is 0 Å². The third-order valence-electron chi connectivity index (χ3n) is 5.09. The summed E-state index contributed by atoms with van der Waals surface area (Å²) < 4.78 is 24.2. The lowest BCUT2D eigenvalue weighted by Gasteiger charge is -2.19. The number of aryl methyl sites for hydroxylation is 1. The van der Waals surface area contributed by atoms with Crippen LogP contribution in [-0.4, -0.2) is 47.2 Å². The first-order valence-corrected chi connectivity index (χ1v) is 10.9. The van der Waals surface area contributed by atoms with Crippen LogP contribution in [0.25, 0.3) is 11.4 Å². The fraction of sp³-hybridized carbons (Fsp3) is 0.375. The Bertz CT molecular complexity index is 987. The molecule has 3 aromatic rings. The largest absolute Gasteiger partial charge is 0.490 e.